The zero-order chi connectivity index (χ0) is 32.6. The van der Waals surface area contributed by atoms with E-state index in [4.69, 9.17) is 24.4 Å². The van der Waals surface area contributed by atoms with Crippen LogP contribution in [-0.4, -0.2) is 33.3 Å². The molecule has 1 N–H and O–H groups in total. The minimum Gasteiger partial charge on any atom is -0.507 e. The van der Waals surface area contributed by atoms with Crippen LogP contribution in [0.3, 0.4) is 0 Å². The summed E-state index contributed by atoms with van der Waals surface area (Å²) in [5.74, 6) is 2.05. The van der Waals surface area contributed by atoms with Gasteiger partial charge in [0, 0.05) is 11.6 Å². The van der Waals surface area contributed by atoms with Gasteiger partial charge in [0.15, 0.2) is 11.6 Å². The molecule has 0 bridgehead atoms. The molecular formula is C41H45N3O3. The Hall–Kier alpha value is -4.71. The summed E-state index contributed by atoms with van der Waals surface area (Å²) in [6.07, 6.45) is 8.90. The number of rotatable bonds is 15. The zero-order valence-corrected chi connectivity index (χ0v) is 27.8. The highest BCUT2D eigenvalue weighted by Crippen LogP contribution is 2.38. The van der Waals surface area contributed by atoms with Crippen LogP contribution in [-0.2, 0) is 0 Å². The molecule has 0 aliphatic carbocycles. The van der Waals surface area contributed by atoms with Gasteiger partial charge in [0.2, 0.25) is 0 Å². The number of fused-ring (bicyclic) bond motifs is 5. The Bertz CT molecular complexity index is 1970. The van der Waals surface area contributed by atoms with Crippen LogP contribution in [0.15, 0.2) is 84.9 Å². The Kier molecular flexibility index (Phi) is 10.5. The van der Waals surface area contributed by atoms with E-state index in [1.54, 1.807) is 6.07 Å². The van der Waals surface area contributed by atoms with E-state index in [9.17, 15) is 5.11 Å². The highest BCUT2D eigenvalue weighted by atomic mass is 16.5. The van der Waals surface area contributed by atoms with Gasteiger partial charge in [-0.2, -0.15) is 9.97 Å². The van der Waals surface area contributed by atoms with E-state index in [-0.39, 0.29) is 11.8 Å². The fourth-order valence-corrected chi connectivity index (χ4v) is 6.30. The summed E-state index contributed by atoms with van der Waals surface area (Å²) in [5, 5.41) is 18.1. The first kappa shape index (κ1) is 32.2. The molecule has 0 saturated carbocycles. The number of hydrogen-bond acceptors (Lipinski definition) is 6. The van der Waals surface area contributed by atoms with Crippen molar-refractivity contribution in [2.24, 2.45) is 5.92 Å². The zero-order valence-electron chi connectivity index (χ0n) is 27.8. The lowest BCUT2D eigenvalue weighted by Gasteiger charge is -2.16. The number of ether oxygens (including phenoxy) is 2. The summed E-state index contributed by atoms with van der Waals surface area (Å²) >= 11 is 0. The van der Waals surface area contributed by atoms with Gasteiger partial charge >= 0.3 is 6.01 Å². The van der Waals surface area contributed by atoms with Crippen LogP contribution in [0.25, 0.3) is 55.1 Å². The molecule has 6 nitrogen and oxygen atoms in total. The van der Waals surface area contributed by atoms with Crippen LogP contribution >= 0.6 is 0 Å². The molecule has 6 heteroatoms. The molecule has 1 heterocycles. The van der Waals surface area contributed by atoms with Gasteiger partial charge in [0.1, 0.15) is 11.5 Å². The average molecular weight is 628 g/mol. The largest absolute Gasteiger partial charge is 0.507 e. The molecule has 6 rings (SSSR count). The van der Waals surface area contributed by atoms with Gasteiger partial charge in [-0.15, -0.1) is 0 Å². The van der Waals surface area contributed by atoms with Crippen molar-refractivity contribution in [2.75, 3.05) is 13.2 Å². The summed E-state index contributed by atoms with van der Waals surface area (Å²) in [5.41, 5.74) is 1.39. The van der Waals surface area contributed by atoms with Crippen LogP contribution in [0.1, 0.15) is 72.1 Å². The van der Waals surface area contributed by atoms with Crippen LogP contribution in [0.2, 0.25) is 0 Å². The van der Waals surface area contributed by atoms with Crippen molar-refractivity contribution in [3.63, 3.8) is 0 Å². The lowest BCUT2D eigenvalue weighted by Crippen LogP contribution is -2.11. The predicted octanol–water partition coefficient (Wildman–Crippen LogP) is 10.9. The highest BCUT2D eigenvalue weighted by molar-refractivity contribution is 6.20. The molecule has 1 unspecified atom stereocenters. The Balaban J connectivity index is 1.42. The van der Waals surface area contributed by atoms with Gasteiger partial charge < -0.3 is 14.6 Å². The third kappa shape index (κ3) is 7.32. The van der Waals surface area contributed by atoms with Gasteiger partial charge in [-0.1, -0.05) is 120 Å². The van der Waals surface area contributed by atoms with Gasteiger partial charge in [-0.05, 0) is 69.3 Å². The van der Waals surface area contributed by atoms with E-state index in [1.165, 1.54) is 29.0 Å². The smallest absolute Gasteiger partial charge is 0.320 e. The minimum atomic E-state index is 0.0597. The van der Waals surface area contributed by atoms with Crippen molar-refractivity contribution >= 4 is 32.3 Å². The van der Waals surface area contributed by atoms with Crippen molar-refractivity contribution in [1.82, 2.24) is 15.0 Å². The van der Waals surface area contributed by atoms with Crippen LogP contribution in [0, 0.1) is 5.92 Å². The number of benzene rings is 5. The standard InChI is InChI=1S/C41H45N3O3/c1-4-7-9-14-24-46-41-43-39(35-23-21-30(25-38(35)45)47-27-28(6-3)15-8-5-2)42-40(44-41)37-26-36-31-17-11-10-16-29(31)20-22-34(36)32-18-12-13-19-33(32)37/h10-13,16-23,25-26,28,45H,4-9,14-15,24,27H2,1-3H3. The lowest BCUT2D eigenvalue weighted by molar-refractivity contribution is 0.232. The Morgan fingerprint density at radius 3 is 2.11 bits per heavy atom. The van der Waals surface area contributed by atoms with E-state index < -0.39 is 0 Å². The Labute approximate surface area is 277 Å². The number of nitrogens with zero attached hydrogens (tertiary/aromatic N) is 3. The SMILES string of the molecule is CCCCCCOc1nc(-c2ccc(OCC(CC)CCCC)cc2O)nc(-c2cc3c4ccccc4ccc3c3ccccc23)n1. The quantitative estimate of drug-likeness (QED) is 0.0901. The molecule has 0 saturated heterocycles. The van der Waals surface area contributed by atoms with E-state index in [1.807, 2.05) is 18.2 Å². The van der Waals surface area contributed by atoms with Crippen LogP contribution in [0.5, 0.6) is 17.5 Å². The molecule has 0 fully saturated rings. The van der Waals surface area contributed by atoms with Crippen LogP contribution in [0.4, 0.5) is 0 Å². The Morgan fingerprint density at radius 2 is 1.34 bits per heavy atom. The van der Waals surface area contributed by atoms with Crippen molar-refractivity contribution in [1.29, 1.82) is 0 Å². The van der Waals surface area contributed by atoms with Gasteiger partial charge in [-0.25, -0.2) is 4.98 Å². The summed E-state index contributed by atoms with van der Waals surface area (Å²) in [6, 6.07) is 29.0. The topological polar surface area (TPSA) is 77.4 Å². The van der Waals surface area contributed by atoms with Gasteiger partial charge in [-0.3, -0.25) is 0 Å². The number of phenolic OH excluding ortho intramolecular Hbond substituents is 1. The third-order valence-electron chi connectivity index (χ3n) is 9.09. The number of unbranched alkanes of at least 4 members (excludes halogenated alkanes) is 4. The van der Waals surface area contributed by atoms with Crippen molar-refractivity contribution in [2.45, 2.75) is 72.1 Å². The third-order valence-corrected chi connectivity index (χ3v) is 9.09. The fraction of sp³-hybridized carbons (Fsp3) is 0.341. The number of aromatic hydroxyl groups is 1. The molecule has 5 aromatic carbocycles. The second kappa shape index (κ2) is 15.3. The number of aromatic nitrogens is 3. The Morgan fingerprint density at radius 1 is 0.617 bits per heavy atom. The van der Waals surface area contributed by atoms with E-state index in [0.29, 0.717) is 42.1 Å². The second-order valence-corrected chi connectivity index (χ2v) is 12.4. The van der Waals surface area contributed by atoms with E-state index >= 15 is 0 Å². The molecule has 242 valence electrons. The summed E-state index contributed by atoms with van der Waals surface area (Å²) < 4.78 is 12.3. The maximum absolute atomic E-state index is 11.2. The number of phenols is 1. The normalized spacial score (nSPS) is 12.1. The summed E-state index contributed by atoms with van der Waals surface area (Å²) in [7, 11) is 0. The summed E-state index contributed by atoms with van der Waals surface area (Å²) in [6.45, 7) is 7.75. The molecule has 0 spiro atoms. The van der Waals surface area contributed by atoms with Crippen molar-refractivity contribution in [3.05, 3.63) is 84.9 Å². The molecule has 47 heavy (non-hydrogen) atoms. The predicted molar refractivity (Wildman–Crippen MR) is 193 cm³/mol. The van der Waals surface area contributed by atoms with Crippen molar-refractivity contribution < 1.29 is 14.6 Å². The molecule has 0 aliphatic rings. The molecule has 0 amide bonds. The lowest BCUT2D eigenvalue weighted by atomic mass is 9.93. The first-order chi connectivity index (χ1) is 23.1. The molecular weight excluding hydrogens is 582 g/mol. The molecule has 1 atom stereocenters. The molecule has 0 aliphatic heterocycles. The number of hydrogen-bond donors (Lipinski definition) is 1. The summed E-state index contributed by atoms with van der Waals surface area (Å²) in [4.78, 5) is 14.5. The van der Waals surface area contributed by atoms with Gasteiger partial charge in [0.25, 0.3) is 0 Å². The molecule has 0 radical (unpaired) electrons. The maximum atomic E-state index is 11.2. The average Bonchev–Trinajstić information content (AvgIpc) is 3.11. The molecule has 6 aromatic rings. The highest BCUT2D eigenvalue weighted by Gasteiger charge is 2.19. The van der Waals surface area contributed by atoms with Gasteiger partial charge in [0.05, 0.1) is 18.8 Å². The van der Waals surface area contributed by atoms with Crippen molar-refractivity contribution in [3.8, 4) is 40.3 Å². The van der Waals surface area contributed by atoms with Crippen LogP contribution < -0.4 is 9.47 Å². The monoisotopic (exact) mass is 627 g/mol. The second-order valence-electron chi connectivity index (χ2n) is 12.4. The first-order valence-corrected chi connectivity index (χ1v) is 17.3. The molecule has 1 aromatic heterocycles. The first-order valence-electron chi connectivity index (χ1n) is 17.3. The minimum absolute atomic E-state index is 0.0597. The van der Waals surface area contributed by atoms with E-state index in [0.717, 1.165) is 60.2 Å². The van der Waals surface area contributed by atoms with E-state index in [2.05, 4.69) is 81.4 Å². The maximum Gasteiger partial charge on any atom is 0.320 e. The fourth-order valence-electron chi connectivity index (χ4n) is 6.30.